The van der Waals surface area contributed by atoms with Crippen LogP contribution in [-0.4, -0.2) is 38.6 Å². The SMILES string of the molecule is CCOC(=O)NCCNC(=O)NCOc1c(C)ccc(C)c1C. The summed E-state index contributed by atoms with van der Waals surface area (Å²) in [5.74, 6) is 0.786. The van der Waals surface area contributed by atoms with Gasteiger partial charge in [0.05, 0.1) is 6.61 Å². The molecule has 0 aromatic heterocycles. The Labute approximate surface area is 136 Å². The summed E-state index contributed by atoms with van der Waals surface area (Å²) in [6, 6.07) is 3.66. The van der Waals surface area contributed by atoms with E-state index in [9.17, 15) is 9.59 Å². The first-order chi connectivity index (χ1) is 11.0. The molecule has 0 saturated carbocycles. The highest BCUT2D eigenvalue weighted by Gasteiger charge is 2.07. The van der Waals surface area contributed by atoms with Crippen LogP contribution >= 0.6 is 0 Å². The number of hydrogen-bond acceptors (Lipinski definition) is 4. The highest BCUT2D eigenvalue weighted by atomic mass is 16.5. The predicted octanol–water partition coefficient (Wildman–Crippen LogP) is 1.99. The van der Waals surface area contributed by atoms with Crippen molar-refractivity contribution in [1.29, 1.82) is 0 Å². The number of rotatable bonds is 7. The van der Waals surface area contributed by atoms with E-state index in [0.29, 0.717) is 19.7 Å². The van der Waals surface area contributed by atoms with Crippen LogP contribution in [0.1, 0.15) is 23.6 Å². The van der Waals surface area contributed by atoms with Gasteiger partial charge in [-0.05, 0) is 44.4 Å². The molecule has 7 heteroatoms. The first kappa shape index (κ1) is 18.6. The van der Waals surface area contributed by atoms with E-state index in [-0.39, 0.29) is 12.8 Å². The number of benzene rings is 1. The maximum absolute atomic E-state index is 11.6. The number of aryl methyl sites for hydroxylation is 2. The van der Waals surface area contributed by atoms with Crippen molar-refractivity contribution < 1.29 is 19.1 Å². The van der Waals surface area contributed by atoms with Gasteiger partial charge in [0.1, 0.15) is 5.75 Å². The summed E-state index contributed by atoms with van der Waals surface area (Å²) in [6.45, 7) is 8.66. The second kappa shape index (κ2) is 9.55. The molecule has 0 bridgehead atoms. The lowest BCUT2D eigenvalue weighted by Gasteiger charge is -2.14. The van der Waals surface area contributed by atoms with E-state index >= 15 is 0 Å². The van der Waals surface area contributed by atoms with E-state index in [4.69, 9.17) is 9.47 Å². The summed E-state index contributed by atoms with van der Waals surface area (Å²) in [5, 5.41) is 7.72. The quantitative estimate of drug-likeness (QED) is 0.529. The molecule has 128 valence electrons. The van der Waals surface area contributed by atoms with Gasteiger partial charge < -0.3 is 25.4 Å². The van der Waals surface area contributed by atoms with Crippen LogP contribution in [0, 0.1) is 20.8 Å². The number of amides is 3. The van der Waals surface area contributed by atoms with Crippen LogP contribution < -0.4 is 20.7 Å². The fourth-order valence-corrected chi connectivity index (χ4v) is 1.91. The first-order valence-corrected chi connectivity index (χ1v) is 7.57. The number of carbonyl (C=O) groups excluding carboxylic acids is 2. The van der Waals surface area contributed by atoms with Gasteiger partial charge in [-0.25, -0.2) is 9.59 Å². The van der Waals surface area contributed by atoms with Crippen LogP contribution in [0.15, 0.2) is 12.1 Å². The van der Waals surface area contributed by atoms with E-state index < -0.39 is 6.09 Å². The van der Waals surface area contributed by atoms with Crippen molar-refractivity contribution in [3.8, 4) is 5.75 Å². The highest BCUT2D eigenvalue weighted by Crippen LogP contribution is 2.25. The van der Waals surface area contributed by atoms with Crippen LogP contribution in [-0.2, 0) is 4.74 Å². The fourth-order valence-electron chi connectivity index (χ4n) is 1.91. The molecule has 3 N–H and O–H groups in total. The van der Waals surface area contributed by atoms with Crippen molar-refractivity contribution >= 4 is 12.1 Å². The maximum Gasteiger partial charge on any atom is 0.407 e. The van der Waals surface area contributed by atoms with Crippen molar-refractivity contribution in [2.24, 2.45) is 0 Å². The number of alkyl carbamates (subject to hydrolysis) is 1. The van der Waals surface area contributed by atoms with Gasteiger partial charge in [0.25, 0.3) is 0 Å². The fraction of sp³-hybridized carbons (Fsp3) is 0.500. The molecule has 7 nitrogen and oxygen atoms in total. The number of hydrogen-bond donors (Lipinski definition) is 3. The number of carbonyl (C=O) groups is 2. The lowest BCUT2D eigenvalue weighted by molar-refractivity contribution is 0.152. The van der Waals surface area contributed by atoms with Gasteiger partial charge in [-0.2, -0.15) is 0 Å². The van der Waals surface area contributed by atoms with Gasteiger partial charge in [-0.3, -0.25) is 0 Å². The molecule has 0 radical (unpaired) electrons. The maximum atomic E-state index is 11.6. The van der Waals surface area contributed by atoms with Crippen molar-refractivity contribution in [2.75, 3.05) is 26.4 Å². The molecule has 0 aliphatic heterocycles. The molecule has 0 saturated heterocycles. The largest absolute Gasteiger partial charge is 0.473 e. The zero-order valence-corrected chi connectivity index (χ0v) is 14.1. The van der Waals surface area contributed by atoms with Crippen LogP contribution in [0.5, 0.6) is 5.75 Å². The molecular formula is C16H25N3O4. The third kappa shape index (κ3) is 6.46. The van der Waals surface area contributed by atoms with Crippen molar-refractivity contribution in [1.82, 2.24) is 16.0 Å². The molecule has 0 atom stereocenters. The Kier molecular flexibility index (Phi) is 7.73. The van der Waals surface area contributed by atoms with E-state index in [2.05, 4.69) is 16.0 Å². The molecule has 0 spiro atoms. The average Bonchev–Trinajstić information content (AvgIpc) is 2.51. The molecule has 1 rings (SSSR count). The minimum absolute atomic E-state index is 0.0717. The predicted molar refractivity (Wildman–Crippen MR) is 87.7 cm³/mol. The summed E-state index contributed by atoms with van der Waals surface area (Å²) in [6.07, 6.45) is -0.497. The molecule has 0 aliphatic rings. The second-order valence-corrected chi connectivity index (χ2v) is 5.02. The van der Waals surface area contributed by atoms with Crippen LogP contribution in [0.4, 0.5) is 9.59 Å². The number of ether oxygens (including phenoxy) is 2. The van der Waals surface area contributed by atoms with Crippen molar-refractivity contribution in [2.45, 2.75) is 27.7 Å². The summed E-state index contributed by atoms with van der Waals surface area (Å²) in [5.41, 5.74) is 3.22. The van der Waals surface area contributed by atoms with Gasteiger partial charge >= 0.3 is 12.1 Å². The third-order valence-corrected chi connectivity index (χ3v) is 3.28. The molecular weight excluding hydrogens is 298 g/mol. The van der Waals surface area contributed by atoms with Gasteiger partial charge in [0.2, 0.25) is 0 Å². The van der Waals surface area contributed by atoms with Crippen molar-refractivity contribution in [3.05, 3.63) is 28.8 Å². The Bertz CT molecular complexity index is 546. The number of urea groups is 1. The van der Waals surface area contributed by atoms with E-state index in [1.165, 1.54) is 0 Å². The molecule has 0 fully saturated rings. The summed E-state index contributed by atoms with van der Waals surface area (Å²) < 4.78 is 10.3. The normalized spacial score (nSPS) is 9.91. The lowest BCUT2D eigenvalue weighted by Crippen LogP contribution is -2.41. The molecule has 23 heavy (non-hydrogen) atoms. The standard InChI is InChI=1S/C16H25N3O4/c1-5-22-16(21)18-9-8-17-15(20)19-10-23-14-12(3)7-6-11(2)13(14)4/h6-7H,5,8-10H2,1-4H3,(H,18,21)(H2,17,19,20). The Morgan fingerprint density at radius 1 is 1.00 bits per heavy atom. The monoisotopic (exact) mass is 323 g/mol. The first-order valence-electron chi connectivity index (χ1n) is 7.57. The minimum atomic E-state index is -0.497. The second-order valence-electron chi connectivity index (χ2n) is 5.02. The Morgan fingerprint density at radius 3 is 2.35 bits per heavy atom. The van der Waals surface area contributed by atoms with Crippen LogP contribution in [0.3, 0.4) is 0 Å². The summed E-state index contributed by atoms with van der Waals surface area (Å²) >= 11 is 0. The molecule has 0 aliphatic carbocycles. The third-order valence-electron chi connectivity index (χ3n) is 3.28. The zero-order valence-electron chi connectivity index (χ0n) is 14.1. The Balaban J connectivity index is 2.25. The molecule has 1 aromatic carbocycles. The zero-order chi connectivity index (χ0) is 17.2. The Morgan fingerprint density at radius 2 is 1.65 bits per heavy atom. The molecule has 1 aromatic rings. The molecule has 0 unspecified atom stereocenters. The lowest BCUT2D eigenvalue weighted by atomic mass is 10.1. The van der Waals surface area contributed by atoms with Gasteiger partial charge in [0, 0.05) is 13.1 Å². The Hall–Kier alpha value is -2.44. The molecule has 3 amide bonds. The van der Waals surface area contributed by atoms with E-state index in [0.717, 1.165) is 22.4 Å². The average molecular weight is 323 g/mol. The molecule has 0 heterocycles. The minimum Gasteiger partial charge on any atom is -0.473 e. The smallest absolute Gasteiger partial charge is 0.407 e. The summed E-state index contributed by atoms with van der Waals surface area (Å²) in [4.78, 5) is 22.6. The van der Waals surface area contributed by atoms with Crippen LogP contribution in [0.25, 0.3) is 0 Å². The van der Waals surface area contributed by atoms with E-state index in [1.54, 1.807) is 6.92 Å². The van der Waals surface area contributed by atoms with Crippen LogP contribution in [0.2, 0.25) is 0 Å². The highest BCUT2D eigenvalue weighted by molar-refractivity contribution is 5.73. The van der Waals surface area contributed by atoms with Gasteiger partial charge in [0.15, 0.2) is 6.73 Å². The topological polar surface area (TPSA) is 88.7 Å². The van der Waals surface area contributed by atoms with Crippen molar-refractivity contribution in [3.63, 3.8) is 0 Å². The van der Waals surface area contributed by atoms with Gasteiger partial charge in [-0.1, -0.05) is 12.1 Å². The van der Waals surface area contributed by atoms with E-state index in [1.807, 2.05) is 32.9 Å². The summed E-state index contributed by atoms with van der Waals surface area (Å²) in [7, 11) is 0. The number of nitrogens with one attached hydrogen (secondary N) is 3. The van der Waals surface area contributed by atoms with Gasteiger partial charge in [-0.15, -0.1) is 0 Å².